The number of nitrogens with one attached hydrogen (secondary N) is 1. The fourth-order valence-electron chi connectivity index (χ4n) is 1.83. The smallest absolute Gasteiger partial charge is 0.0700 e. The zero-order valence-electron chi connectivity index (χ0n) is 9.33. The molecule has 0 bridgehead atoms. The fraction of sp³-hybridized carbons (Fsp3) is 1.00. The summed E-state index contributed by atoms with van der Waals surface area (Å²) in [6, 6.07) is 0.541. The normalized spacial score (nSPS) is 29.4. The molecule has 0 saturated carbocycles. The monoisotopic (exact) mass is 201 g/mol. The van der Waals surface area contributed by atoms with Crippen molar-refractivity contribution in [2.75, 3.05) is 19.8 Å². The minimum absolute atomic E-state index is 0.308. The van der Waals surface area contributed by atoms with Crippen LogP contribution >= 0.6 is 0 Å². The lowest BCUT2D eigenvalue weighted by molar-refractivity contribution is 0.113. The second-order valence-electron chi connectivity index (χ2n) is 4.36. The quantitative estimate of drug-likeness (QED) is 0.634. The highest BCUT2D eigenvalue weighted by Gasteiger charge is 2.22. The molecule has 0 amide bonds. The van der Waals surface area contributed by atoms with E-state index in [1.807, 2.05) is 0 Å². The van der Waals surface area contributed by atoms with E-state index in [1.54, 1.807) is 0 Å². The second kappa shape index (κ2) is 6.38. The molecule has 1 heterocycles. The fourth-order valence-corrected chi connectivity index (χ4v) is 1.83. The molecule has 3 nitrogen and oxygen atoms in total. The van der Waals surface area contributed by atoms with Crippen LogP contribution in [0, 0.1) is 5.92 Å². The van der Waals surface area contributed by atoms with Crippen LogP contribution in [0.4, 0.5) is 0 Å². The van der Waals surface area contributed by atoms with Gasteiger partial charge >= 0.3 is 0 Å². The Morgan fingerprint density at radius 2 is 2.36 bits per heavy atom. The zero-order valence-corrected chi connectivity index (χ0v) is 9.33. The first-order chi connectivity index (χ1) is 6.74. The number of hydrogen-bond acceptors (Lipinski definition) is 3. The SMILES string of the molecule is CC(CO)CCCNC1CCOC1C. The summed E-state index contributed by atoms with van der Waals surface area (Å²) >= 11 is 0. The van der Waals surface area contributed by atoms with Crippen LogP contribution in [-0.4, -0.2) is 37.0 Å². The van der Waals surface area contributed by atoms with Crippen molar-refractivity contribution in [3.63, 3.8) is 0 Å². The molecular weight excluding hydrogens is 178 g/mol. The molecule has 3 unspecified atom stereocenters. The maximum Gasteiger partial charge on any atom is 0.0700 e. The first-order valence-electron chi connectivity index (χ1n) is 5.70. The Kier molecular flexibility index (Phi) is 5.45. The highest BCUT2D eigenvalue weighted by Crippen LogP contribution is 2.12. The van der Waals surface area contributed by atoms with Gasteiger partial charge in [-0.1, -0.05) is 6.92 Å². The predicted molar refractivity (Wildman–Crippen MR) is 57.3 cm³/mol. The Morgan fingerprint density at radius 1 is 1.57 bits per heavy atom. The molecule has 1 aliphatic heterocycles. The van der Waals surface area contributed by atoms with E-state index < -0.39 is 0 Å². The van der Waals surface area contributed by atoms with Gasteiger partial charge in [-0.25, -0.2) is 0 Å². The van der Waals surface area contributed by atoms with Crippen molar-refractivity contribution in [2.24, 2.45) is 5.92 Å². The van der Waals surface area contributed by atoms with E-state index in [9.17, 15) is 0 Å². The number of aliphatic hydroxyl groups excluding tert-OH is 1. The molecule has 0 aromatic carbocycles. The van der Waals surface area contributed by atoms with Gasteiger partial charge in [-0.05, 0) is 38.6 Å². The Balaban J connectivity index is 1.98. The van der Waals surface area contributed by atoms with Gasteiger partial charge in [-0.2, -0.15) is 0 Å². The van der Waals surface area contributed by atoms with Gasteiger partial charge < -0.3 is 15.2 Å². The summed E-state index contributed by atoms with van der Waals surface area (Å²) in [5, 5.41) is 12.4. The lowest BCUT2D eigenvalue weighted by Crippen LogP contribution is -2.35. The van der Waals surface area contributed by atoms with E-state index in [0.29, 0.717) is 24.7 Å². The Bertz CT molecular complexity index is 152. The molecule has 3 atom stereocenters. The average Bonchev–Trinajstić information content (AvgIpc) is 2.58. The van der Waals surface area contributed by atoms with Crippen LogP contribution in [0.15, 0.2) is 0 Å². The molecule has 0 aromatic heterocycles. The topological polar surface area (TPSA) is 41.5 Å². The van der Waals surface area contributed by atoms with Gasteiger partial charge in [0.15, 0.2) is 0 Å². The Hall–Kier alpha value is -0.120. The van der Waals surface area contributed by atoms with Crippen LogP contribution in [0.2, 0.25) is 0 Å². The minimum Gasteiger partial charge on any atom is -0.396 e. The summed E-state index contributed by atoms with van der Waals surface area (Å²) in [5.74, 6) is 0.439. The van der Waals surface area contributed by atoms with Gasteiger partial charge in [-0.3, -0.25) is 0 Å². The highest BCUT2D eigenvalue weighted by molar-refractivity contribution is 4.78. The van der Waals surface area contributed by atoms with Crippen molar-refractivity contribution >= 4 is 0 Å². The summed E-state index contributed by atoms with van der Waals surface area (Å²) in [5.41, 5.74) is 0. The molecular formula is C11H23NO2. The Labute approximate surface area is 86.8 Å². The van der Waals surface area contributed by atoms with Crippen LogP contribution in [0.5, 0.6) is 0 Å². The molecule has 1 saturated heterocycles. The highest BCUT2D eigenvalue weighted by atomic mass is 16.5. The van der Waals surface area contributed by atoms with Crippen LogP contribution < -0.4 is 5.32 Å². The lowest BCUT2D eigenvalue weighted by atomic mass is 10.1. The van der Waals surface area contributed by atoms with Crippen molar-refractivity contribution in [2.45, 2.75) is 45.3 Å². The van der Waals surface area contributed by atoms with Gasteiger partial charge in [0.05, 0.1) is 6.10 Å². The molecule has 3 heteroatoms. The summed E-state index contributed by atoms with van der Waals surface area (Å²) in [4.78, 5) is 0. The van der Waals surface area contributed by atoms with Crippen molar-refractivity contribution in [3.8, 4) is 0 Å². The first-order valence-corrected chi connectivity index (χ1v) is 5.70. The van der Waals surface area contributed by atoms with E-state index in [-0.39, 0.29) is 0 Å². The molecule has 0 radical (unpaired) electrons. The number of aliphatic hydroxyl groups is 1. The maximum atomic E-state index is 8.85. The van der Waals surface area contributed by atoms with Gasteiger partial charge in [0.25, 0.3) is 0 Å². The second-order valence-corrected chi connectivity index (χ2v) is 4.36. The van der Waals surface area contributed by atoms with E-state index in [4.69, 9.17) is 9.84 Å². The van der Waals surface area contributed by atoms with Crippen LogP contribution in [0.1, 0.15) is 33.1 Å². The Morgan fingerprint density at radius 3 is 2.93 bits per heavy atom. The van der Waals surface area contributed by atoms with E-state index >= 15 is 0 Å². The average molecular weight is 201 g/mol. The molecule has 1 fully saturated rings. The minimum atomic E-state index is 0.308. The van der Waals surface area contributed by atoms with Crippen molar-refractivity contribution in [1.29, 1.82) is 0 Å². The van der Waals surface area contributed by atoms with Crippen molar-refractivity contribution in [1.82, 2.24) is 5.32 Å². The third kappa shape index (κ3) is 3.95. The first kappa shape index (κ1) is 12.0. The molecule has 1 aliphatic rings. The maximum absolute atomic E-state index is 8.85. The summed E-state index contributed by atoms with van der Waals surface area (Å²) in [6.07, 6.45) is 3.75. The van der Waals surface area contributed by atoms with Crippen LogP contribution in [-0.2, 0) is 4.74 Å². The van der Waals surface area contributed by atoms with E-state index in [0.717, 1.165) is 32.4 Å². The number of hydrogen-bond donors (Lipinski definition) is 2. The zero-order chi connectivity index (χ0) is 10.4. The molecule has 0 aliphatic carbocycles. The predicted octanol–water partition coefficient (Wildman–Crippen LogP) is 1.16. The van der Waals surface area contributed by atoms with Crippen molar-refractivity contribution in [3.05, 3.63) is 0 Å². The van der Waals surface area contributed by atoms with E-state index in [1.165, 1.54) is 0 Å². The molecule has 0 spiro atoms. The third-order valence-electron chi connectivity index (χ3n) is 2.97. The van der Waals surface area contributed by atoms with Gasteiger partial charge in [0.1, 0.15) is 0 Å². The van der Waals surface area contributed by atoms with Crippen LogP contribution in [0.3, 0.4) is 0 Å². The lowest BCUT2D eigenvalue weighted by Gasteiger charge is -2.16. The van der Waals surface area contributed by atoms with E-state index in [2.05, 4.69) is 19.2 Å². The molecule has 0 aromatic rings. The largest absolute Gasteiger partial charge is 0.396 e. The summed E-state index contributed by atoms with van der Waals surface area (Å²) in [7, 11) is 0. The van der Waals surface area contributed by atoms with Crippen molar-refractivity contribution < 1.29 is 9.84 Å². The third-order valence-corrected chi connectivity index (χ3v) is 2.97. The standard InChI is InChI=1S/C11H23NO2/c1-9(8-13)4-3-6-12-11-5-7-14-10(11)2/h9-13H,3-8H2,1-2H3. The van der Waals surface area contributed by atoms with Gasteiger partial charge in [-0.15, -0.1) is 0 Å². The van der Waals surface area contributed by atoms with Gasteiger partial charge in [0, 0.05) is 19.3 Å². The number of ether oxygens (including phenoxy) is 1. The summed E-state index contributed by atoms with van der Waals surface area (Å²) < 4.78 is 5.46. The molecule has 1 rings (SSSR count). The summed E-state index contributed by atoms with van der Waals surface area (Å²) in [6.45, 7) is 6.46. The number of rotatable bonds is 6. The molecule has 2 N–H and O–H groups in total. The van der Waals surface area contributed by atoms with Gasteiger partial charge in [0.2, 0.25) is 0 Å². The molecule has 84 valence electrons. The van der Waals surface area contributed by atoms with Crippen LogP contribution in [0.25, 0.3) is 0 Å². The molecule has 14 heavy (non-hydrogen) atoms.